The lowest BCUT2D eigenvalue weighted by Gasteiger charge is -2.19. The normalized spacial score (nSPS) is 20.0. The zero-order chi connectivity index (χ0) is 14.1. The second-order valence-corrected chi connectivity index (χ2v) is 5.38. The molecule has 1 N–H and O–H groups in total. The average Bonchev–Trinajstić information content (AvgIpc) is 2.67. The first kappa shape index (κ1) is 13.5. The minimum absolute atomic E-state index is 0.0150. The fourth-order valence-corrected chi connectivity index (χ4v) is 3.02. The predicted octanol–water partition coefficient (Wildman–Crippen LogP) is 2.50. The maximum absolute atomic E-state index is 13.9. The molecule has 1 fully saturated rings. The van der Waals surface area contributed by atoms with E-state index in [1.807, 2.05) is 0 Å². The summed E-state index contributed by atoms with van der Waals surface area (Å²) < 4.78 is 15.3. The molecule has 1 atom stereocenters. The molecule has 2 heterocycles. The number of nitrogens with zero attached hydrogens (tertiary/aromatic N) is 2. The number of hydrogen-bond acceptors (Lipinski definition) is 3. The number of fused-ring (bicyclic) bond motifs is 1. The van der Waals surface area contributed by atoms with Crippen LogP contribution < -0.4 is 10.9 Å². The molecule has 2 aromatic rings. The monoisotopic (exact) mass is 295 g/mol. The summed E-state index contributed by atoms with van der Waals surface area (Å²) in [5.41, 5.74) is -0.0929. The molecule has 1 aromatic carbocycles. The van der Waals surface area contributed by atoms with Gasteiger partial charge in [-0.2, -0.15) is 0 Å². The van der Waals surface area contributed by atoms with E-state index in [0.29, 0.717) is 12.1 Å². The maximum atomic E-state index is 13.9. The third-order valence-electron chi connectivity index (χ3n) is 3.72. The van der Waals surface area contributed by atoms with Gasteiger partial charge in [-0.3, -0.25) is 9.36 Å². The van der Waals surface area contributed by atoms with E-state index in [2.05, 4.69) is 10.3 Å². The van der Waals surface area contributed by atoms with Crippen LogP contribution in [0.1, 0.15) is 25.3 Å². The van der Waals surface area contributed by atoms with Crippen molar-refractivity contribution in [3.05, 3.63) is 39.7 Å². The highest BCUT2D eigenvalue weighted by Gasteiger charge is 2.21. The van der Waals surface area contributed by atoms with E-state index in [9.17, 15) is 9.18 Å². The summed E-state index contributed by atoms with van der Waals surface area (Å²) in [6, 6.07) is 4.32. The molecule has 1 aliphatic rings. The first-order chi connectivity index (χ1) is 9.68. The van der Waals surface area contributed by atoms with Gasteiger partial charge in [-0.05, 0) is 43.1 Å². The molecule has 0 bridgehead atoms. The SMILES string of the molecule is O=c1c2c(F)cccc2nc(Cl)n1C1CCCCNC1. The van der Waals surface area contributed by atoms with Crippen LogP contribution >= 0.6 is 11.6 Å². The van der Waals surface area contributed by atoms with Crippen LogP contribution in [0.2, 0.25) is 5.28 Å². The standard InChI is InChI=1S/C14H15ClFN3O/c15-14-18-11-6-3-5-10(16)12(11)13(20)19(14)9-4-1-2-7-17-8-9/h3,5-6,9,17H,1-2,4,7-8H2. The second-order valence-electron chi connectivity index (χ2n) is 5.04. The maximum Gasteiger partial charge on any atom is 0.265 e. The topological polar surface area (TPSA) is 46.9 Å². The fraction of sp³-hybridized carbons (Fsp3) is 0.429. The van der Waals surface area contributed by atoms with Crippen LogP contribution in [0.25, 0.3) is 10.9 Å². The predicted molar refractivity (Wildman–Crippen MR) is 76.7 cm³/mol. The summed E-state index contributed by atoms with van der Waals surface area (Å²) in [6.07, 6.45) is 2.92. The van der Waals surface area contributed by atoms with Crippen molar-refractivity contribution in [3.8, 4) is 0 Å². The van der Waals surface area contributed by atoms with Crippen molar-refractivity contribution >= 4 is 22.5 Å². The first-order valence-corrected chi connectivity index (χ1v) is 7.13. The van der Waals surface area contributed by atoms with Crippen molar-refractivity contribution in [3.63, 3.8) is 0 Å². The van der Waals surface area contributed by atoms with E-state index in [0.717, 1.165) is 25.8 Å². The molecule has 0 amide bonds. The summed E-state index contributed by atoms with van der Waals surface area (Å²) in [5, 5.41) is 3.41. The van der Waals surface area contributed by atoms with Gasteiger partial charge in [0, 0.05) is 6.54 Å². The molecule has 0 aliphatic carbocycles. The van der Waals surface area contributed by atoms with Crippen molar-refractivity contribution in [2.45, 2.75) is 25.3 Å². The number of nitrogens with one attached hydrogen (secondary N) is 1. The van der Waals surface area contributed by atoms with Crippen LogP contribution in [0.3, 0.4) is 0 Å². The third-order valence-corrected chi connectivity index (χ3v) is 3.99. The molecular weight excluding hydrogens is 281 g/mol. The molecule has 1 saturated heterocycles. The van der Waals surface area contributed by atoms with Gasteiger partial charge in [-0.1, -0.05) is 12.5 Å². The van der Waals surface area contributed by atoms with Crippen molar-refractivity contribution in [2.75, 3.05) is 13.1 Å². The Hall–Kier alpha value is -1.46. The number of benzene rings is 1. The third kappa shape index (κ3) is 2.31. The van der Waals surface area contributed by atoms with Gasteiger partial charge in [0.25, 0.3) is 5.56 Å². The van der Waals surface area contributed by atoms with Gasteiger partial charge < -0.3 is 5.32 Å². The van der Waals surface area contributed by atoms with Crippen LogP contribution in [0, 0.1) is 5.82 Å². The summed E-state index contributed by atoms with van der Waals surface area (Å²) >= 11 is 6.15. The van der Waals surface area contributed by atoms with Gasteiger partial charge in [0.15, 0.2) is 0 Å². The van der Waals surface area contributed by atoms with Gasteiger partial charge in [-0.15, -0.1) is 0 Å². The molecule has 1 unspecified atom stereocenters. The van der Waals surface area contributed by atoms with E-state index in [4.69, 9.17) is 11.6 Å². The van der Waals surface area contributed by atoms with Crippen LogP contribution in [-0.2, 0) is 0 Å². The van der Waals surface area contributed by atoms with Crippen LogP contribution in [0.5, 0.6) is 0 Å². The van der Waals surface area contributed by atoms with Crippen LogP contribution in [0.15, 0.2) is 23.0 Å². The molecule has 20 heavy (non-hydrogen) atoms. The molecule has 0 radical (unpaired) electrons. The lowest BCUT2D eigenvalue weighted by Crippen LogP contribution is -2.32. The molecular formula is C14H15ClFN3O. The summed E-state index contributed by atoms with van der Waals surface area (Å²) in [7, 11) is 0. The van der Waals surface area contributed by atoms with Gasteiger partial charge in [-0.25, -0.2) is 9.37 Å². The minimum Gasteiger partial charge on any atom is -0.315 e. The van der Waals surface area contributed by atoms with E-state index < -0.39 is 11.4 Å². The van der Waals surface area contributed by atoms with Crippen molar-refractivity contribution in [1.82, 2.24) is 14.9 Å². The van der Waals surface area contributed by atoms with Gasteiger partial charge in [0.1, 0.15) is 11.2 Å². The largest absolute Gasteiger partial charge is 0.315 e. The molecule has 0 spiro atoms. The summed E-state index contributed by atoms with van der Waals surface area (Å²) in [6.45, 7) is 1.58. The van der Waals surface area contributed by atoms with E-state index in [1.54, 1.807) is 6.07 Å². The van der Waals surface area contributed by atoms with E-state index in [1.165, 1.54) is 16.7 Å². The lowest BCUT2D eigenvalue weighted by molar-refractivity contribution is 0.447. The Kier molecular flexibility index (Phi) is 3.72. The van der Waals surface area contributed by atoms with Crippen molar-refractivity contribution < 1.29 is 4.39 Å². The number of aromatic nitrogens is 2. The molecule has 4 nitrogen and oxygen atoms in total. The molecule has 6 heteroatoms. The van der Waals surface area contributed by atoms with Gasteiger partial charge in [0.05, 0.1) is 11.6 Å². The van der Waals surface area contributed by atoms with Gasteiger partial charge >= 0.3 is 0 Å². The lowest BCUT2D eigenvalue weighted by atomic mass is 10.1. The quantitative estimate of drug-likeness (QED) is 0.822. The number of hydrogen-bond donors (Lipinski definition) is 1. The van der Waals surface area contributed by atoms with E-state index >= 15 is 0 Å². The summed E-state index contributed by atoms with van der Waals surface area (Å²) in [5.74, 6) is -0.549. The minimum atomic E-state index is -0.549. The highest BCUT2D eigenvalue weighted by Crippen LogP contribution is 2.22. The molecule has 3 rings (SSSR count). The number of rotatable bonds is 1. The van der Waals surface area contributed by atoms with Gasteiger partial charge in [0.2, 0.25) is 5.28 Å². The Labute approximate surface area is 120 Å². The zero-order valence-corrected chi connectivity index (χ0v) is 11.7. The Morgan fingerprint density at radius 1 is 1.40 bits per heavy atom. The fourth-order valence-electron chi connectivity index (χ4n) is 2.71. The van der Waals surface area contributed by atoms with Crippen molar-refractivity contribution in [1.29, 1.82) is 0 Å². The molecule has 1 aliphatic heterocycles. The number of halogens is 2. The van der Waals surface area contributed by atoms with Crippen LogP contribution in [-0.4, -0.2) is 22.6 Å². The Morgan fingerprint density at radius 3 is 3.10 bits per heavy atom. The van der Waals surface area contributed by atoms with E-state index in [-0.39, 0.29) is 16.7 Å². The first-order valence-electron chi connectivity index (χ1n) is 6.75. The highest BCUT2D eigenvalue weighted by atomic mass is 35.5. The average molecular weight is 296 g/mol. The van der Waals surface area contributed by atoms with Crippen molar-refractivity contribution in [2.24, 2.45) is 0 Å². The Balaban J connectivity index is 2.19. The molecule has 0 saturated carbocycles. The van der Waals surface area contributed by atoms with Crippen LogP contribution in [0.4, 0.5) is 4.39 Å². The Bertz CT molecular complexity index is 693. The Morgan fingerprint density at radius 2 is 2.25 bits per heavy atom. The highest BCUT2D eigenvalue weighted by molar-refractivity contribution is 6.28. The zero-order valence-electron chi connectivity index (χ0n) is 10.9. The molecule has 1 aromatic heterocycles. The smallest absolute Gasteiger partial charge is 0.265 e. The molecule has 106 valence electrons. The summed E-state index contributed by atoms with van der Waals surface area (Å²) in [4.78, 5) is 16.7. The second kappa shape index (κ2) is 5.50.